The monoisotopic (exact) mass is 243 g/mol. The average Bonchev–Trinajstić information content (AvgIpc) is 2.91. The topological polar surface area (TPSA) is 87.9 Å². The molecule has 3 rings (SSSR count). The smallest absolute Gasteiger partial charge is 0.276 e. The van der Waals surface area contributed by atoms with E-state index in [0.29, 0.717) is 18.8 Å². The van der Waals surface area contributed by atoms with Crippen LogP contribution in [0.1, 0.15) is 21.6 Å². The summed E-state index contributed by atoms with van der Waals surface area (Å²) in [6.45, 7) is 1.24. The molecule has 2 heterocycles. The Morgan fingerprint density at radius 2 is 2.33 bits per heavy atom. The van der Waals surface area contributed by atoms with E-state index in [-0.39, 0.29) is 5.91 Å². The summed E-state index contributed by atoms with van der Waals surface area (Å²) in [6, 6.07) is 5.82. The van der Waals surface area contributed by atoms with Crippen LogP contribution in [-0.2, 0) is 13.0 Å². The molecule has 18 heavy (non-hydrogen) atoms. The highest BCUT2D eigenvalue weighted by atomic mass is 16.2. The van der Waals surface area contributed by atoms with Gasteiger partial charge < -0.3 is 10.6 Å². The molecule has 92 valence electrons. The summed E-state index contributed by atoms with van der Waals surface area (Å²) in [6.07, 6.45) is 2.23. The molecule has 0 saturated heterocycles. The van der Waals surface area contributed by atoms with Crippen molar-refractivity contribution in [1.82, 2.24) is 20.3 Å². The fraction of sp³-hybridized carbons (Fsp3) is 0.250. The van der Waals surface area contributed by atoms with E-state index in [2.05, 4.69) is 15.4 Å². The molecule has 3 N–H and O–H groups in total. The van der Waals surface area contributed by atoms with E-state index in [1.165, 1.54) is 6.20 Å². The van der Waals surface area contributed by atoms with E-state index < -0.39 is 0 Å². The highest BCUT2D eigenvalue weighted by Gasteiger charge is 2.24. The average molecular weight is 243 g/mol. The number of carbonyl (C=O) groups excluding carboxylic acids is 1. The minimum Gasteiger partial charge on any atom is -0.398 e. The second-order valence-corrected chi connectivity index (χ2v) is 4.32. The van der Waals surface area contributed by atoms with Crippen molar-refractivity contribution < 1.29 is 4.79 Å². The fourth-order valence-electron chi connectivity index (χ4n) is 2.28. The zero-order valence-electron chi connectivity index (χ0n) is 9.76. The summed E-state index contributed by atoms with van der Waals surface area (Å²) < 4.78 is 0. The van der Waals surface area contributed by atoms with Gasteiger partial charge in [0.25, 0.3) is 5.91 Å². The molecule has 1 aliphatic rings. The number of nitrogens with two attached hydrogens (primary N) is 1. The molecule has 0 aliphatic carbocycles. The Morgan fingerprint density at radius 1 is 1.44 bits per heavy atom. The van der Waals surface area contributed by atoms with Gasteiger partial charge in [0.05, 0.1) is 6.20 Å². The first-order valence-electron chi connectivity index (χ1n) is 5.77. The van der Waals surface area contributed by atoms with E-state index in [0.717, 1.165) is 23.2 Å². The number of nitrogens with one attached hydrogen (secondary N) is 1. The molecular weight excluding hydrogens is 230 g/mol. The lowest BCUT2D eigenvalue weighted by Crippen LogP contribution is -2.36. The number of rotatable bonds is 1. The Kier molecular flexibility index (Phi) is 2.47. The maximum atomic E-state index is 12.1. The van der Waals surface area contributed by atoms with Gasteiger partial charge in [0, 0.05) is 18.8 Å². The molecule has 6 nitrogen and oxygen atoms in total. The van der Waals surface area contributed by atoms with Gasteiger partial charge >= 0.3 is 0 Å². The molecule has 0 radical (unpaired) electrons. The van der Waals surface area contributed by atoms with Crippen LogP contribution in [0.15, 0.2) is 24.4 Å². The molecule has 0 bridgehead atoms. The molecule has 1 aromatic heterocycles. The number of aromatic amines is 1. The molecule has 1 amide bonds. The van der Waals surface area contributed by atoms with Crippen LogP contribution >= 0.6 is 0 Å². The van der Waals surface area contributed by atoms with Gasteiger partial charge in [0.2, 0.25) is 0 Å². The van der Waals surface area contributed by atoms with Crippen molar-refractivity contribution in [2.75, 3.05) is 12.3 Å². The van der Waals surface area contributed by atoms with E-state index in [1.54, 1.807) is 4.90 Å². The predicted molar refractivity (Wildman–Crippen MR) is 65.7 cm³/mol. The maximum absolute atomic E-state index is 12.1. The Bertz CT molecular complexity index is 578. The lowest BCUT2D eigenvalue weighted by molar-refractivity contribution is 0.0729. The quantitative estimate of drug-likeness (QED) is 0.717. The second kappa shape index (κ2) is 4.14. The van der Waals surface area contributed by atoms with Crippen molar-refractivity contribution in [1.29, 1.82) is 0 Å². The summed E-state index contributed by atoms with van der Waals surface area (Å²) in [5.74, 6) is -0.100. The van der Waals surface area contributed by atoms with Gasteiger partial charge in [-0.3, -0.25) is 4.79 Å². The van der Waals surface area contributed by atoms with Crippen LogP contribution in [0.25, 0.3) is 0 Å². The molecule has 1 aromatic carbocycles. The number of aromatic nitrogens is 3. The first kappa shape index (κ1) is 10.8. The van der Waals surface area contributed by atoms with E-state index >= 15 is 0 Å². The largest absolute Gasteiger partial charge is 0.398 e. The molecule has 0 unspecified atom stereocenters. The van der Waals surface area contributed by atoms with Gasteiger partial charge in [0.1, 0.15) is 0 Å². The first-order valence-corrected chi connectivity index (χ1v) is 5.77. The van der Waals surface area contributed by atoms with Crippen molar-refractivity contribution in [2.45, 2.75) is 13.0 Å². The van der Waals surface area contributed by atoms with Gasteiger partial charge in [-0.1, -0.05) is 12.1 Å². The molecule has 0 fully saturated rings. The number of fused-ring (bicyclic) bond motifs is 1. The maximum Gasteiger partial charge on any atom is 0.276 e. The third-order valence-corrected chi connectivity index (χ3v) is 3.22. The SMILES string of the molecule is Nc1cccc2c1CCN(C(=O)c1cn[nH]n1)C2. The molecule has 2 aromatic rings. The van der Waals surface area contributed by atoms with Gasteiger partial charge in [0.15, 0.2) is 5.69 Å². The summed E-state index contributed by atoms with van der Waals surface area (Å²) in [4.78, 5) is 13.9. The van der Waals surface area contributed by atoms with Crippen molar-refractivity contribution >= 4 is 11.6 Å². The zero-order valence-corrected chi connectivity index (χ0v) is 9.76. The summed E-state index contributed by atoms with van der Waals surface area (Å²) >= 11 is 0. The number of H-pyrrole nitrogens is 1. The number of benzene rings is 1. The fourth-order valence-corrected chi connectivity index (χ4v) is 2.28. The van der Waals surface area contributed by atoms with Crippen LogP contribution in [0.5, 0.6) is 0 Å². The Hall–Kier alpha value is -2.37. The van der Waals surface area contributed by atoms with Crippen LogP contribution in [0.2, 0.25) is 0 Å². The van der Waals surface area contributed by atoms with Gasteiger partial charge in [-0.15, -0.1) is 0 Å². The highest BCUT2D eigenvalue weighted by Crippen LogP contribution is 2.24. The third-order valence-electron chi connectivity index (χ3n) is 3.22. The summed E-state index contributed by atoms with van der Waals surface area (Å²) in [5.41, 5.74) is 9.35. The van der Waals surface area contributed by atoms with Crippen LogP contribution in [-0.4, -0.2) is 32.8 Å². The van der Waals surface area contributed by atoms with Crippen LogP contribution in [0.4, 0.5) is 5.69 Å². The number of amides is 1. The number of carbonyl (C=O) groups is 1. The van der Waals surface area contributed by atoms with Crippen molar-refractivity contribution in [3.05, 3.63) is 41.2 Å². The second-order valence-electron chi connectivity index (χ2n) is 4.32. The number of nitrogen functional groups attached to an aromatic ring is 1. The number of hydrogen-bond acceptors (Lipinski definition) is 4. The van der Waals surface area contributed by atoms with Gasteiger partial charge in [-0.2, -0.15) is 15.4 Å². The van der Waals surface area contributed by atoms with Gasteiger partial charge in [-0.25, -0.2) is 0 Å². The third kappa shape index (κ3) is 1.71. The Morgan fingerprint density at radius 3 is 3.11 bits per heavy atom. The zero-order chi connectivity index (χ0) is 12.5. The highest BCUT2D eigenvalue weighted by molar-refractivity contribution is 5.92. The lowest BCUT2D eigenvalue weighted by Gasteiger charge is -2.28. The van der Waals surface area contributed by atoms with Crippen molar-refractivity contribution in [3.63, 3.8) is 0 Å². The molecule has 0 spiro atoms. The molecular formula is C12H13N5O. The van der Waals surface area contributed by atoms with Crippen molar-refractivity contribution in [2.24, 2.45) is 0 Å². The van der Waals surface area contributed by atoms with Crippen LogP contribution < -0.4 is 5.73 Å². The van der Waals surface area contributed by atoms with Crippen LogP contribution in [0.3, 0.4) is 0 Å². The summed E-state index contributed by atoms with van der Waals surface area (Å²) in [5, 5.41) is 9.92. The molecule has 0 atom stereocenters. The molecule has 0 saturated carbocycles. The number of nitrogens with zero attached hydrogens (tertiary/aromatic N) is 3. The van der Waals surface area contributed by atoms with Gasteiger partial charge in [-0.05, 0) is 23.6 Å². The van der Waals surface area contributed by atoms with Crippen LogP contribution in [0, 0.1) is 0 Å². The Labute approximate surface area is 104 Å². The van der Waals surface area contributed by atoms with E-state index in [9.17, 15) is 4.79 Å². The normalized spacial score (nSPS) is 14.3. The molecule has 6 heteroatoms. The number of hydrogen-bond donors (Lipinski definition) is 2. The standard InChI is InChI=1S/C12H13N5O/c13-10-3-1-2-8-7-17(5-4-9(8)10)12(18)11-6-14-16-15-11/h1-3,6H,4-5,7,13H2,(H,14,15,16). The number of anilines is 1. The van der Waals surface area contributed by atoms with E-state index in [1.807, 2.05) is 18.2 Å². The molecule has 1 aliphatic heterocycles. The summed E-state index contributed by atoms with van der Waals surface area (Å²) in [7, 11) is 0. The lowest BCUT2D eigenvalue weighted by atomic mass is 9.98. The Balaban J connectivity index is 1.85. The first-order chi connectivity index (χ1) is 8.75. The minimum absolute atomic E-state index is 0.100. The minimum atomic E-state index is -0.100. The van der Waals surface area contributed by atoms with Crippen molar-refractivity contribution in [3.8, 4) is 0 Å². The predicted octanol–water partition coefficient (Wildman–Crippen LogP) is 0.585. The van der Waals surface area contributed by atoms with E-state index in [4.69, 9.17) is 5.73 Å².